The molecular formula is C39H23NO. The van der Waals surface area contributed by atoms with E-state index in [0.29, 0.717) is 0 Å². The van der Waals surface area contributed by atoms with Gasteiger partial charge in [0.2, 0.25) is 0 Å². The van der Waals surface area contributed by atoms with Gasteiger partial charge in [0.05, 0.1) is 5.52 Å². The van der Waals surface area contributed by atoms with Crippen molar-refractivity contribution in [1.82, 2.24) is 4.98 Å². The third-order valence-corrected chi connectivity index (χ3v) is 8.51. The van der Waals surface area contributed by atoms with E-state index in [0.717, 1.165) is 44.0 Å². The number of aromatic nitrogens is 1. The first-order valence-corrected chi connectivity index (χ1v) is 14.0. The van der Waals surface area contributed by atoms with E-state index in [1.54, 1.807) is 0 Å². The number of hydrogen-bond donors (Lipinski definition) is 0. The Balaban J connectivity index is 1.41. The lowest BCUT2D eigenvalue weighted by Crippen LogP contribution is -1.98. The van der Waals surface area contributed by atoms with Gasteiger partial charge >= 0.3 is 0 Å². The highest BCUT2D eigenvalue weighted by atomic mass is 16.3. The molecule has 0 saturated carbocycles. The third kappa shape index (κ3) is 3.22. The van der Waals surface area contributed by atoms with Gasteiger partial charge < -0.3 is 4.42 Å². The molecule has 0 N–H and O–H groups in total. The van der Waals surface area contributed by atoms with Gasteiger partial charge in [-0.3, -0.25) is 4.98 Å². The zero-order valence-electron chi connectivity index (χ0n) is 22.1. The van der Waals surface area contributed by atoms with E-state index in [-0.39, 0.29) is 0 Å². The van der Waals surface area contributed by atoms with Crippen molar-refractivity contribution >= 4 is 32.8 Å². The van der Waals surface area contributed by atoms with Crippen LogP contribution in [0.2, 0.25) is 0 Å². The summed E-state index contributed by atoms with van der Waals surface area (Å²) in [5.74, 6) is 0. The summed E-state index contributed by atoms with van der Waals surface area (Å²) in [6.07, 6.45) is 1.87. The van der Waals surface area contributed by atoms with Gasteiger partial charge in [0.25, 0.3) is 0 Å². The maximum absolute atomic E-state index is 6.45. The molecule has 190 valence electrons. The predicted octanol–water partition coefficient (Wildman–Crippen LogP) is 10.8. The molecule has 2 heteroatoms. The topological polar surface area (TPSA) is 26.0 Å². The van der Waals surface area contributed by atoms with Crippen molar-refractivity contribution in [2.75, 3.05) is 0 Å². The third-order valence-electron chi connectivity index (χ3n) is 8.51. The molecule has 0 atom stereocenters. The number of nitrogens with zero attached hydrogens (tertiary/aromatic N) is 1. The van der Waals surface area contributed by atoms with E-state index in [9.17, 15) is 0 Å². The molecule has 8 aromatic rings. The van der Waals surface area contributed by atoms with E-state index in [1.807, 2.05) is 24.4 Å². The van der Waals surface area contributed by atoms with Crippen molar-refractivity contribution in [2.45, 2.75) is 0 Å². The fourth-order valence-corrected chi connectivity index (χ4v) is 6.70. The quantitative estimate of drug-likeness (QED) is 0.215. The Morgan fingerprint density at radius 1 is 0.415 bits per heavy atom. The molecule has 0 radical (unpaired) electrons. The minimum atomic E-state index is 0.913. The second-order valence-electron chi connectivity index (χ2n) is 10.7. The van der Waals surface area contributed by atoms with Crippen LogP contribution in [0, 0.1) is 0 Å². The number of hydrogen-bond acceptors (Lipinski definition) is 2. The van der Waals surface area contributed by atoms with Crippen molar-refractivity contribution in [3.63, 3.8) is 0 Å². The molecule has 2 nitrogen and oxygen atoms in total. The van der Waals surface area contributed by atoms with E-state index < -0.39 is 0 Å². The monoisotopic (exact) mass is 521 g/mol. The summed E-state index contributed by atoms with van der Waals surface area (Å²) in [6.45, 7) is 0. The molecule has 2 aromatic heterocycles. The first-order valence-electron chi connectivity index (χ1n) is 14.0. The Hall–Kier alpha value is -5.47. The molecule has 6 aromatic carbocycles. The van der Waals surface area contributed by atoms with Gasteiger partial charge in [-0.25, -0.2) is 0 Å². The van der Waals surface area contributed by atoms with E-state index >= 15 is 0 Å². The highest BCUT2D eigenvalue weighted by Crippen LogP contribution is 2.50. The van der Waals surface area contributed by atoms with Gasteiger partial charge in [0.1, 0.15) is 11.2 Å². The fraction of sp³-hybridized carbons (Fsp3) is 0. The molecule has 41 heavy (non-hydrogen) atoms. The molecule has 0 bridgehead atoms. The Bertz CT molecular complexity index is 2320. The fourth-order valence-electron chi connectivity index (χ4n) is 6.70. The van der Waals surface area contributed by atoms with Crippen LogP contribution in [0.1, 0.15) is 0 Å². The summed E-state index contributed by atoms with van der Waals surface area (Å²) in [7, 11) is 0. The lowest BCUT2D eigenvalue weighted by Gasteiger charge is -2.24. The van der Waals surface area contributed by atoms with Crippen LogP contribution in [0.3, 0.4) is 0 Å². The van der Waals surface area contributed by atoms with Gasteiger partial charge in [0.15, 0.2) is 0 Å². The van der Waals surface area contributed by atoms with Crippen LogP contribution < -0.4 is 0 Å². The lowest BCUT2D eigenvalue weighted by atomic mass is 9.79. The molecule has 0 unspecified atom stereocenters. The number of para-hydroxylation sites is 2. The number of fused-ring (bicyclic) bond motifs is 13. The molecule has 0 aliphatic heterocycles. The highest BCUT2D eigenvalue weighted by Gasteiger charge is 2.24. The number of rotatable bonds is 1. The zero-order chi connectivity index (χ0) is 26.9. The van der Waals surface area contributed by atoms with Crippen molar-refractivity contribution in [1.29, 1.82) is 0 Å². The molecular weight excluding hydrogens is 498 g/mol. The minimum absolute atomic E-state index is 0.913. The van der Waals surface area contributed by atoms with Crippen LogP contribution in [0.4, 0.5) is 0 Å². The Labute approximate surface area is 237 Å². The van der Waals surface area contributed by atoms with Crippen LogP contribution in [0.15, 0.2) is 144 Å². The van der Waals surface area contributed by atoms with Crippen LogP contribution in [0.5, 0.6) is 0 Å². The minimum Gasteiger partial charge on any atom is -0.455 e. The number of furan rings is 1. The van der Waals surface area contributed by atoms with Gasteiger partial charge in [-0.2, -0.15) is 0 Å². The van der Waals surface area contributed by atoms with Crippen LogP contribution in [-0.4, -0.2) is 4.98 Å². The Morgan fingerprint density at radius 2 is 1.05 bits per heavy atom. The first kappa shape index (κ1) is 22.4. The summed E-state index contributed by atoms with van der Waals surface area (Å²) in [4.78, 5) is 4.72. The maximum atomic E-state index is 6.45. The Morgan fingerprint density at radius 3 is 1.88 bits per heavy atom. The zero-order valence-corrected chi connectivity index (χ0v) is 22.1. The molecule has 9 rings (SSSR count). The molecule has 1 aliphatic rings. The summed E-state index contributed by atoms with van der Waals surface area (Å²) in [6, 6.07) is 47.8. The molecule has 1 aliphatic carbocycles. The molecule has 2 heterocycles. The highest BCUT2D eigenvalue weighted by molar-refractivity contribution is 6.13. The second kappa shape index (κ2) is 8.51. The number of pyridine rings is 1. The predicted molar refractivity (Wildman–Crippen MR) is 170 cm³/mol. The second-order valence-corrected chi connectivity index (χ2v) is 10.7. The summed E-state index contributed by atoms with van der Waals surface area (Å²) in [5.41, 5.74) is 14.9. The molecule has 0 fully saturated rings. The summed E-state index contributed by atoms with van der Waals surface area (Å²) in [5, 5.41) is 3.44. The van der Waals surface area contributed by atoms with Gasteiger partial charge in [0, 0.05) is 27.9 Å². The van der Waals surface area contributed by atoms with Gasteiger partial charge in [-0.1, -0.05) is 109 Å². The smallest absolute Gasteiger partial charge is 0.143 e. The van der Waals surface area contributed by atoms with E-state index in [1.165, 1.54) is 44.5 Å². The van der Waals surface area contributed by atoms with Crippen molar-refractivity contribution in [2.24, 2.45) is 0 Å². The largest absolute Gasteiger partial charge is 0.455 e. The van der Waals surface area contributed by atoms with Crippen molar-refractivity contribution in [3.8, 4) is 55.6 Å². The molecule has 0 saturated heterocycles. The lowest BCUT2D eigenvalue weighted by molar-refractivity contribution is 0.670. The normalized spacial score (nSPS) is 11.9. The Kier molecular flexibility index (Phi) is 4.64. The van der Waals surface area contributed by atoms with E-state index in [4.69, 9.17) is 9.40 Å². The average molecular weight is 522 g/mol. The standard InChI is InChI=1S/C39H23NO/c1-3-11-28-26(9-1)27-10-2-4-12-29(27)35-23-24(25-14-7-15-33-30-13-5-6-17-37(30)41-39(25)33)18-19-32(35)38-31(28)20-21-36-34(38)16-8-22-40-36/h1-23H. The summed E-state index contributed by atoms with van der Waals surface area (Å²) < 4.78 is 6.45. The van der Waals surface area contributed by atoms with Crippen molar-refractivity contribution in [3.05, 3.63) is 140 Å². The van der Waals surface area contributed by atoms with Gasteiger partial charge in [-0.15, -0.1) is 0 Å². The SMILES string of the molecule is c1ccc2c(c1)-c1ccccc1-c1ccc3ncccc3c1-c1ccc(-c3cccc4c3oc3ccccc34)cc1-2. The average Bonchev–Trinajstić information content (AvgIpc) is 3.42. The maximum Gasteiger partial charge on any atom is 0.143 e. The number of benzene rings is 6. The first-order chi connectivity index (χ1) is 20.3. The van der Waals surface area contributed by atoms with Crippen molar-refractivity contribution < 1.29 is 4.42 Å². The summed E-state index contributed by atoms with van der Waals surface area (Å²) >= 11 is 0. The van der Waals surface area contributed by atoms with Crippen LogP contribution >= 0.6 is 0 Å². The molecule has 0 amide bonds. The van der Waals surface area contributed by atoms with Crippen LogP contribution in [-0.2, 0) is 0 Å². The molecule has 0 spiro atoms. The van der Waals surface area contributed by atoms with E-state index in [2.05, 4.69) is 115 Å². The van der Waals surface area contributed by atoms with Crippen LogP contribution in [0.25, 0.3) is 88.5 Å². The van der Waals surface area contributed by atoms with Gasteiger partial charge in [-0.05, 0) is 74.3 Å².